The Bertz CT molecular complexity index is 945. The monoisotopic (exact) mass is 405 g/mol. The third-order valence-electron chi connectivity index (χ3n) is 5.30. The Morgan fingerprint density at radius 3 is 2.47 bits per heavy atom. The van der Waals surface area contributed by atoms with Crippen molar-refractivity contribution in [2.24, 2.45) is 0 Å². The van der Waals surface area contributed by atoms with Crippen LogP contribution in [0.1, 0.15) is 21.7 Å². The highest BCUT2D eigenvalue weighted by Gasteiger charge is 2.17. The van der Waals surface area contributed by atoms with E-state index >= 15 is 0 Å². The molecule has 0 spiro atoms. The topological polar surface area (TPSA) is 58.0 Å². The second kappa shape index (κ2) is 9.61. The summed E-state index contributed by atoms with van der Waals surface area (Å²) < 4.78 is 11.2. The molecule has 0 atom stereocenters. The zero-order chi connectivity index (χ0) is 20.8. The van der Waals surface area contributed by atoms with Crippen molar-refractivity contribution in [1.29, 1.82) is 0 Å². The number of hydrogen-bond donors (Lipinski definition) is 1. The van der Waals surface area contributed by atoms with Crippen LogP contribution in [0.15, 0.2) is 71.3 Å². The van der Waals surface area contributed by atoms with Crippen molar-refractivity contribution in [3.63, 3.8) is 0 Å². The van der Waals surface area contributed by atoms with Gasteiger partial charge < -0.3 is 19.4 Å². The first kappa shape index (κ1) is 20.2. The normalized spacial score (nSPS) is 15.1. The summed E-state index contributed by atoms with van der Waals surface area (Å²) in [6.07, 6.45) is 1.51. The first-order valence-electron chi connectivity index (χ1n) is 10.2. The van der Waals surface area contributed by atoms with E-state index in [-0.39, 0.29) is 18.3 Å². The number of likely N-dealkylation sites (N-methyl/N-ethyl adjacent to an activating group) is 1. The van der Waals surface area contributed by atoms with Crippen LogP contribution < -0.4 is 10.1 Å². The number of hydrogen-bond acceptors (Lipinski definition) is 5. The average Bonchev–Trinajstić information content (AvgIpc) is 3.25. The minimum atomic E-state index is -0.279. The number of para-hydroxylation sites is 1. The van der Waals surface area contributed by atoms with Gasteiger partial charge in [0, 0.05) is 44.0 Å². The minimum absolute atomic E-state index is 0.271. The first-order valence-corrected chi connectivity index (χ1v) is 10.2. The Morgan fingerprint density at radius 1 is 1.00 bits per heavy atom. The lowest BCUT2D eigenvalue weighted by Crippen LogP contribution is -2.43. The number of anilines is 1. The molecule has 1 aliphatic rings. The van der Waals surface area contributed by atoms with E-state index in [1.54, 1.807) is 6.07 Å². The van der Waals surface area contributed by atoms with Gasteiger partial charge in [-0.25, -0.2) is 0 Å². The fourth-order valence-corrected chi connectivity index (χ4v) is 3.47. The summed E-state index contributed by atoms with van der Waals surface area (Å²) in [4.78, 5) is 17.5. The number of nitrogens with one attached hydrogen (secondary N) is 1. The summed E-state index contributed by atoms with van der Waals surface area (Å²) in [6.45, 7) is 5.58. The van der Waals surface area contributed by atoms with E-state index in [0.29, 0.717) is 5.56 Å². The number of ether oxygens (including phenoxy) is 1. The van der Waals surface area contributed by atoms with Crippen LogP contribution in [0.4, 0.5) is 5.69 Å². The molecule has 6 nitrogen and oxygen atoms in total. The van der Waals surface area contributed by atoms with Crippen LogP contribution in [0, 0.1) is 0 Å². The summed E-state index contributed by atoms with van der Waals surface area (Å²) in [6, 6.07) is 19.3. The highest BCUT2D eigenvalue weighted by atomic mass is 16.5. The van der Waals surface area contributed by atoms with Crippen molar-refractivity contribution in [2.75, 3.05) is 38.5 Å². The van der Waals surface area contributed by atoms with Gasteiger partial charge in [0.05, 0.1) is 6.26 Å². The van der Waals surface area contributed by atoms with Gasteiger partial charge in [0.25, 0.3) is 5.91 Å². The van der Waals surface area contributed by atoms with Crippen molar-refractivity contribution < 1.29 is 13.9 Å². The van der Waals surface area contributed by atoms with Gasteiger partial charge >= 0.3 is 0 Å². The summed E-state index contributed by atoms with van der Waals surface area (Å²) in [5.74, 6) is 0.743. The van der Waals surface area contributed by atoms with Gasteiger partial charge in [-0.05, 0) is 42.9 Å². The minimum Gasteiger partial charge on any atom is -0.489 e. The van der Waals surface area contributed by atoms with Crippen LogP contribution in [0.2, 0.25) is 0 Å². The lowest BCUT2D eigenvalue weighted by molar-refractivity contribution is 0.0993. The standard InChI is InChI=1S/C24H27N3O3/c1-26-12-14-27(15-13-26)17-19-7-9-21(10-8-19)25-24(28)23-20(11-16-29-23)18-30-22-5-3-2-4-6-22/h2-11,16H,12-15,17-18H2,1H3,(H,25,28). The van der Waals surface area contributed by atoms with E-state index in [2.05, 4.69) is 34.3 Å². The molecule has 1 saturated heterocycles. The predicted molar refractivity (Wildman–Crippen MR) is 117 cm³/mol. The third kappa shape index (κ3) is 5.28. The molecule has 1 aromatic heterocycles. The second-order valence-corrected chi connectivity index (χ2v) is 7.61. The molecule has 1 fully saturated rings. The molecule has 156 valence electrons. The van der Waals surface area contributed by atoms with Gasteiger partial charge in [0.1, 0.15) is 12.4 Å². The molecule has 2 heterocycles. The lowest BCUT2D eigenvalue weighted by atomic mass is 10.1. The van der Waals surface area contributed by atoms with E-state index < -0.39 is 0 Å². The smallest absolute Gasteiger partial charge is 0.291 e. The van der Waals surface area contributed by atoms with Crippen molar-refractivity contribution in [1.82, 2.24) is 9.80 Å². The quantitative estimate of drug-likeness (QED) is 0.647. The highest BCUT2D eigenvalue weighted by Crippen LogP contribution is 2.18. The van der Waals surface area contributed by atoms with E-state index in [0.717, 1.165) is 44.2 Å². The van der Waals surface area contributed by atoms with Crippen LogP contribution >= 0.6 is 0 Å². The molecule has 1 aliphatic heterocycles. The Labute approximate surface area is 177 Å². The maximum atomic E-state index is 12.7. The van der Waals surface area contributed by atoms with E-state index in [4.69, 9.17) is 9.15 Å². The average molecular weight is 405 g/mol. The van der Waals surface area contributed by atoms with Crippen molar-refractivity contribution in [3.8, 4) is 5.75 Å². The van der Waals surface area contributed by atoms with Crippen molar-refractivity contribution >= 4 is 11.6 Å². The molecular weight excluding hydrogens is 378 g/mol. The van der Waals surface area contributed by atoms with Crippen LogP contribution in [0.5, 0.6) is 5.75 Å². The summed E-state index contributed by atoms with van der Waals surface area (Å²) >= 11 is 0. The molecule has 0 aliphatic carbocycles. The van der Waals surface area contributed by atoms with Gasteiger partial charge in [0.2, 0.25) is 0 Å². The van der Waals surface area contributed by atoms with E-state index in [1.807, 2.05) is 42.5 Å². The van der Waals surface area contributed by atoms with Crippen molar-refractivity contribution in [3.05, 3.63) is 83.8 Å². The number of benzene rings is 2. The first-order chi connectivity index (χ1) is 14.7. The SMILES string of the molecule is CN1CCN(Cc2ccc(NC(=O)c3occc3COc3ccccc3)cc2)CC1. The Morgan fingerprint density at radius 2 is 1.73 bits per heavy atom. The predicted octanol–water partition coefficient (Wildman–Crippen LogP) is 3.86. The number of nitrogens with zero attached hydrogens (tertiary/aromatic N) is 2. The van der Waals surface area contributed by atoms with Gasteiger partial charge in [-0.15, -0.1) is 0 Å². The number of furan rings is 1. The van der Waals surface area contributed by atoms with Gasteiger partial charge in [-0.3, -0.25) is 9.69 Å². The van der Waals surface area contributed by atoms with Gasteiger partial charge in [0.15, 0.2) is 5.76 Å². The number of carbonyl (C=O) groups is 1. The molecule has 0 unspecified atom stereocenters. The summed E-state index contributed by atoms with van der Waals surface area (Å²) in [5.41, 5.74) is 2.70. The van der Waals surface area contributed by atoms with Crippen molar-refractivity contribution in [2.45, 2.75) is 13.2 Å². The Kier molecular flexibility index (Phi) is 6.47. The third-order valence-corrected chi connectivity index (χ3v) is 5.30. The van der Waals surface area contributed by atoms with Gasteiger partial charge in [-0.1, -0.05) is 30.3 Å². The fourth-order valence-electron chi connectivity index (χ4n) is 3.47. The molecule has 2 aromatic carbocycles. The summed E-state index contributed by atoms with van der Waals surface area (Å²) in [7, 11) is 2.16. The van der Waals surface area contributed by atoms with Gasteiger partial charge in [-0.2, -0.15) is 0 Å². The Hall–Kier alpha value is -3.09. The van der Waals surface area contributed by atoms with Crippen LogP contribution in [0.25, 0.3) is 0 Å². The van der Waals surface area contributed by atoms with E-state index in [1.165, 1.54) is 11.8 Å². The molecule has 0 radical (unpaired) electrons. The zero-order valence-corrected chi connectivity index (χ0v) is 17.2. The number of piperazine rings is 1. The van der Waals surface area contributed by atoms with Crippen LogP contribution in [0.3, 0.4) is 0 Å². The Balaban J connectivity index is 1.32. The highest BCUT2D eigenvalue weighted by molar-refractivity contribution is 6.03. The molecule has 4 rings (SSSR count). The van der Waals surface area contributed by atoms with Crippen LogP contribution in [-0.4, -0.2) is 48.9 Å². The maximum Gasteiger partial charge on any atom is 0.291 e. The molecule has 1 amide bonds. The fraction of sp³-hybridized carbons (Fsp3) is 0.292. The number of amides is 1. The molecule has 3 aromatic rings. The lowest BCUT2D eigenvalue weighted by Gasteiger charge is -2.32. The molecule has 30 heavy (non-hydrogen) atoms. The molecular formula is C24H27N3O3. The molecule has 1 N–H and O–H groups in total. The molecule has 0 saturated carbocycles. The molecule has 6 heteroatoms. The summed E-state index contributed by atoms with van der Waals surface area (Å²) in [5, 5.41) is 2.91. The number of rotatable bonds is 7. The zero-order valence-electron chi connectivity index (χ0n) is 17.2. The maximum absolute atomic E-state index is 12.7. The molecule has 0 bridgehead atoms. The van der Waals surface area contributed by atoms with E-state index in [9.17, 15) is 4.79 Å². The van der Waals surface area contributed by atoms with Crippen LogP contribution in [-0.2, 0) is 13.2 Å². The number of carbonyl (C=O) groups excluding carboxylic acids is 1. The largest absolute Gasteiger partial charge is 0.489 e. The second-order valence-electron chi connectivity index (χ2n) is 7.61.